The maximum Gasteiger partial charge on any atom is 0.0534 e. The van der Waals surface area contributed by atoms with Crippen LogP contribution in [0.15, 0.2) is 12.4 Å². The number of piperazine rings is 1. The number of aliphatic hydroxyl groups is 1. The van der Waals surface area contributed by atoms with Crippen LogP contribution >= 0.6 is 0 Å². The molecule has 3 heterocycles. The molecule has 6 nitrogen and oxygen atoms in total. The van der Waals surface area contributed by atoms with Crippen molar-refractivity contribution in [3.8, 4) is 0 Å². The molecule has 6 heteroatoms. The van der Waals surface area contributed by atoms with Crippen LogP contribution < -0.4 is 0 Å². The van der Waals surface area contributed by atoms with Crippen LogP contribution in [0.3, 0.4) is 0 Å². The van der Waals surface area contributed by atoms with E-state index in [1.807, 2.05) is 10.9 Å². The molecule has 1 aromatic rings. The molecule has 0 aromatic carbocycles. The molecule has 1 atom stereocenters. The van der Waals surface area contributed by atoms with Crippen molar-refractivity contribution in [2.24, 2.45) is 0 Å². The number of aromatic nitrogens is 2. The highest BCUT2D eigenvalue weighted by atomic mass is 16.3. The predicted molar refractivity (Wildman–Crippen MR) is 110 cm³/mol. The Morgan fingerprint density at radius 2 is 1.81 bits per heavy atom. The Morgan fingerprint density at radius 1 is 1.07 bits per heavy atom. The smallest absolute Gasteiger partial charge is 0.0534 e. The zero-order chi connectivity index (χ0) is 19.4. The Labute approximate surface area is 165 Å². The van der Waals surface area contributed by atoms with Crippen molar-refractivity contribution < 1.29 is 5.11 Å². The van der Waals surface area contributed by atoms with Crippen molar-refractivity contribution in [3.05, 3.63) is 18.0 Å². The summed E-state index contributed by atoms with van der Waals surface area (Å²) < 4.78 is 2.04. The van der Waals surface area contributed by atoms with Crippen LogP contribution in [0.4, 0.5) is 0 Å². The summed E-state index contributed by atoms with van der Waals surface area (Å²) in [6.07, 6.45) is 7.60. The van der Waals surface area contributed by atoms with E-state index in [0.717, 1.165) is 32.6 Å². The van der Waals surface area contributed by atoms with Crippen LogP contribution in [0, 0.1) is 0 Å². The Bertz CT molecular complexity index is 565. The first-order chi connectivity index (χ1) is 13.0. The number of rotatable bonds is 7. The number of hydrogen-bond acceptors (Lipinski definition) is 5. The predicted octanol–water partition coefficient (Wildman–Crippen LogP) is 2.21. The van der Waals surface area contributed by atoms with Crippen molar-refractivity contribution in [1.29, 1.82) is 0 Å². The van der Waals surface area contributed by atoms with Crippen LogP contribution in [0.5, 0.6) is 0 Å². The van der Waals surface area contributed by atoms with E-state index >= 15 is 0 Å². The molecule has 0 amide bonds. The third-order valence-electron chi connectivity index (χ3n) is 6.36. The fraction of sp³-hybridized carbons (Fsp3) is 0.857. The molecule has 0 spiro atoms. The molecule has 0 saturated carbocycles. The van der Waals surface area contributed by atoms with Gasteiger partial charge in [0, 0.05) is 68.7 Å². The fourth-order valence-electron chi connectivity index (χ4n) is 4.70. The molecule has 0 bridgehead atoms. The van der Waals surface area contributed by atoms with Gasteiger partial charge in [-0.25, -0.2) is 0 Å². The van der Waals surface area contributed by atoms with Gasteiger partial charge in [0.2, 0.25) is 0 Å². The lowest BCUT2D eigenvalue weighted by Gasteiger charge is -2.48. The third kappa shape index (κ3) is 5.31. The summed E-state index contributed by atoms with van der Waals surface area (Å²) in [4.78, 5) is 7.85. The normalized spacial score (nSPS) is 24.3. The van der Waals surface area contributed by atoms with Gasteiger partial charge in [0.15, 0.2) is 0 Å². The van der Waals surface area contributed by atoms with Gasteiger partial charge in [-0.1, -0.05) is 0 Å². The van der Waals surface area contributed by atoms with E-state index in [9.17, 15) is 5.11 Å². The molecule has 2 fully saturated rings. The molecular formula is C21H39N5O. The lowest BCUT2D eigenvalue weighted by molar-refractivity contribution is -0.0000384. The highest BCUT2D eigenvalue weighted by Crippen LogP contribution is 2.25. The van der Waals surface area contributed by atoms with Crippen molar-refractivity contribution in [2.45, 2.75) is 77.7 Å². The Kier molecular flexibility index (Phi) is 7.31. The van der Waals surface area contributed by atoms with E-state index in [1.54, 1.807) is 0 Å². The van der Waals surface area contributed by atoms with E-state index < -0.39 is 0 Å². The number of aliphatic hydroxyl groups excluding tert-OH is 1. The van der Waals surface area contributed by atoms with Gasteiger partial charge in [0.25, 0.3) is 0 Å². The quantitative estimate of drug-likeness (QED) is 0.789. The summed E-state index contributed by atoms with van der Waals surface area (Å²) in [5.74, 6) is 0. The average Bonchev–Trinajstić information content (AvgIpc) is 3.11. The Balaban J connectivity index is 1.56. The van der Waals surface area contributed by atoms with Gasteiger partial charge in [-0.3, -0.25) is 14.5 Å². The molecule has 154 valence electrons. The monoisotopic (exact) mass is 377 g/mol. The molecule has 0 radical (unpaired) electrons. The minimum atomic E-state index is 0.283. The van der Waals surface area contributed by atoms with Gasteiger partial charge in [-0.15, -0.1) is 0 Å². The maximum absolute atomic E-state index is 9.62. The molecule has 27 heavy (non-hydrogen) atoms. The average molecular weight is 378 g/mol. The Morgan fingerprint density at radius 3 is 2.41 bits per heavy atom. The van der Waals surface area contributed by atoms with Crippen LogP contribution in [0.1, 0.15) is 58.6 Å². The van der Waals surface area contributed by atoms with Crippen LogP contribution in [0.25, 0.3) is 0 Å². The van der Waals surface area contributed by atoms with Gasteiger partial charge in [-0.2, -0.15) is 5.10 Å². The molecular weight excluding hydrogens is 338 g/mol. The second-order valence-electron chi connectivity index (χ2n) is 8.92. The lowest BCUT2D eigenvalue weighted by Crippen LogP contribution is -2.58. The largest absolute Gasteiger partial charge is 0.396 e. The number of piperidine rings is 1. The molecule has 1 aromatic heterocycles. The van der Waals surface area contributed by atoms with E-state index in [2.05, 4.69) is 53.7 Å². The number of nitrogens with zero attached hydrogens (tertiary/aromatic N) is 5. The standard InChI is InChI=1S/C21H39N5O/c1-17(2)24-8-5-20(6-9-24)25-11-10-23(16-21(25)7-12-27)14-19-13-22-26(15-19)18(3)4/h13,15,17-18,20-21,27H,5-12,14,16H2,1-4H3/t21-/m1/s1. The van der Waals surface area contributed by atoms with E-state index in [-0.39, 0.29) is 6.61 Å². The zero-order valence-corrected chi connectivity index (χ0v) is 17.7. The summed E-state index contributed by atoms with van der Waals surface area (Å²) >= 11 is 0. The first-order valence-electron chi connectivity index (χ1n) is 10.8. The van der Waals surface area contributed by atoms with Gasteiger partial charge >= 0.3 is 0 Å². The molecule has 2 aliphatic heterocycles. The second-order valence-corrected chi connectivity index (χ2v) is 8.92. The molecule has 2 aliphatic rings. The Hall–Kier alpha value is -0.950. The van der Waals surface area contributed by atoms with Gasteiger partial charge in [0.1, 0.15) is 0 Å². The van der Waals surface area contributed by atoms with Crippen molar-refractivity contribution in [1.82, 2.24) is 24.5 Å². The molecule has 2 saturated heterocycles. The summed E-state index contributed by atoms with van der Waals surface area (Å²) in [6, 6.07) is 2.22. The summed E-state index contributed by atoms with van der Waals surface area (Å²) in [5, 5.41) is 14.1. The maximum atomic E-state index is 9.62. The van der Waals surface area contributed by atoms with E-state index in [0.29, 0.717) is 24.2 Å². The highest BCUT2D eigenvalue weighted by molar-refractivity contribution is 5.05. The first-order valence-corrected chi connectivity index (χ1v) is 10.8. The molecule has 1 N–H and O–H groups in total. The summed E-state index contributed by atoms with van der Waals surface area (Å²) in [6.45, 7) is 15.9. The van der Waals surface area contributed by atoms with Crippen molar-refractivity contribution in [2.75, 3.05) is 39.3 Å². The van der Waals surface area contributed by atoms with E-state index in [1.165, 1.54) is 31.5 Å². The minimum Gasteiger partial charge on any atom is -0.396 e. The fourth-order valence-corrected chi connectivity index (χ4v) is 4.70. The van der Waals surface area contributed by atoms with Gasteiger partial charge < -0.3 is 10.0 Å². The van der Waals surface area contributed by atoms with Crippen LogP contribution in [-0.4, -0.2) is 87.0 Å². The summed E-state index contributed by atoms with van der Waals surface area (Å²) in [5.41, 5.74) is 1.30. The first kappa shape index (κ1) is 20.8. The number of hydrogen-bond donors (Lipinski definition) is 1. The third-order valence-corrected chi connectivity index (χ3v) is 6.36. The van der Waals surface area contributed by atoms with Crippen molar-refractivity contribution >= 4 is 0 Å². The van der Waals surface area contributed by atoms with Crippen molar-refractivity contribution in [3.63, 3.8) is 0 Å². The lowest BCUT2D eigenvalue weighted by atomic mass is 9.97. The van der Waals surface area contributed by atoms with Crippen LogP contribution in [0.2, 0.25) is 0 Å². The summed E-state index contributed by atoms with van der Waals surface area (Å²) in [7, 11) is 0. The molecule has 3 rings (SSSR count). The van der Waals surface area contributed by atoms with Gasteiger partial charge in [-0.05, 0) is 60.0 Å². The van der Waals surface area contributed by atoms with Crippen LogP contribution in [-0.2, 0) is 6.54 Å². The second kappa shape index (κ2) is 9.50. The topological polar surface area (TPSA) is 47.8 Å². The number of likely N-dealkylation sites (tertiary alicyclic amines) is 1. The SMILES string of the molecule is CC(C)N1CCC(N2CCN(Cc3cnn(C(C)C)c3)C[C@H]2CCO)CC1. The minimum absolute atomic E-state index is 0.283. The molecule has 0 aliphatic carbocycles. The molecule has 0 unspecified atom stereocenters. The van der Waals surface area contributed by atoms with Gasteiger partial charge in [0.05, 0.1) is 6.20 Å². The zero-order valence-electron chi connectivity index (χ0n) is 17.7. The van der Waals surface area contributed by atoms with E-state index in [4.69, 9.17) is 0 Å². The highest BCUT2D eigenvalue weighted by Gasteiger charge is 2.33.